The van der Waals surface area contributed by atoms with Crippen LogP contribution in [0.25, 0.3) is 0 Å². The van der Waals surface area contributed by atoms with Gasteiger partial charge in [0.2, 0.25) is 11.8 Å². The normalized spacial score (nSPS) is 10.3. The van der Waals surface area contributed by atoms with Crippen molar-refractivity contribution in [3.8, 4) is 0 Å². The van der Waals surface area contributed by atoms with Crippen LogP contribution in [-0.2, 0) is 9.59 Å². The second kappa shape index (κ2) is 8.53. The van der Waals surface area contributed by atoms with Gasteiger partial charge in [-0.15, -0.1) is 11.3 Å². The van der Waals surface area contributed by atoms with Gasteiger partial charge in [0, 0.05) is 33.8 Å². The quantitative estimate of drug-likeness (QED) is 0.562. The fourth-order valence-electron chi connectivity index (χ4n) is 2.38. The van der Waals surface area contributed by atoms with Gasteiger partial charge < -0.3 is 10.6 Å². The molecule has 2 amide bonds. The molecule has 26 heavy (non-hydrogen) atoms. The minimum atomic E-state index is -0.628. The van der Waals surface area contributed by atoms with E-state index < -0.39 is 11.7 Å². The van der Waals surface area contributed by atoms with Crippen LogP contribution in [0.4, 0.5) is 15.8 Å². The lowest BCUT2D eigenvalue weighted by atomic mass is 10.1. The van der Waals surface area contributed by atoms with Crippen LogP contribution in [0.15, 0.2) is 36.9 Å². The Morgan fingerprint density at radius 1 is 1.15 bits per heavy atom. The van der Waals surface area contributed by atoms with Crippen LogP contribution in [0.3, 0.4) is 0 Å². The Morgan fingerprint density at radius 2 is 1.88 bits per heavy atom. The molecular formula is C19H19FN2O3S. The van der Waals surface area contributed by atoms with Crippen molar-refractivity contribution in [2.75, 3.05) is 10.6 Å². The molecule has 0 aliphatic heterocycles. The number of amides is 2. The standard InChI is InChI=1S/C19H19FN2O3S/c1-4-18(24)22-16-10-13(5-6-15(16)20)21-19(25)8-7-17(23)14-9-11(2)26-12(14)3/h4-6,9-10H,1,7-8H2,2-3H3,(H,21,25)(H,22,24). The van der Waals surface area contributed by atoms with Crippen LogP contribution >= 0.6 is 11.3 Å². The number of aryl methyl sites for hydroxylation is 2. The maximum atomic E-state index is 13.7. The molecule has 0 spiro atoms. The summed E-state index contributed by atoms with van der Waals surface area (Å²) in [5.74, 6) is -1.63. The summed E-state index contributed by atoms with van der Waals surface area (Å²) in [7, 11) is 0. The summed E-state index contributed by atoms with van der Waals surface area (Å²) in [6.45, 7) is 7.10. The Balaban J connectivity index is 1.96. The van der Waals surface area contributed by atoms with E-state index >= 15 is 0 Å². The van der Waals surface area contributed by atoms with Crippen molar-refractivity contribution in [3.05, 3.63) is 58.1 Å². The number of Topliss-reactive ketones (excluding diaryl/α,β-unsaturated/α-hetero) is 1. The Kier molecular flexibility index (Phi) is 6.41. The van der Waals surface area contributed by atoms with Crippen molar-refractivity contribution in [1.29, 1.82) is 0 Å². The number of carbonyl (C=O) groups excluding carboxylic acids is 3. The Morgan fingerprint density at radius 3 is 2.50 bits per heavy atom. The first-order valence-electron chi connectivity index (χ1n) is 7.93. The van der Waals surface area contributed by atoms with Crippen molar-refractivity contribution in [1.82, 2.24) is 0 Å². The van der Waals surface area contributed by atoms with E-state index in [4.69, 9.17) is 0 Å². The maximum absolute atomic E-state index is 13.7. The summed E-state index contributed by atoms with van der Waals surface area (Å²) >= 11 is 1.55. The van der Waals surface area contributed by atoms with Crippen molar-refractivity contribution >= 4 is 40.3 Å². The van der Waals surface area contributed by atoms with Gasteiger partial charge in [-0.2, -0.15) is 0 Å². The zero-order valence-electron chi connectivity index (χ0n) is 14.5. The van der Waals surface area contributed by atoms with Gasteiger partial charge in [0.05, 0.1) is 5.69 Å². The molecule has 2 N–H and O–H groups in total. The first kappa shape index (κ1) is 19.5. The topological polar surface area (TPSA) is 75.3 Å². The molecule has 2 aromatic rings. The molecule has 7 heteroatoms. The number of thiophene rings is 1. The molecule has 0 aliphatic rings. The molecule has 1 aromatic heterocycles. The van der Waals surface area contributed by atoms with E-state index in [1.165, 1.54) is 12.1 Å². The van der Waals surface area contributed by atoms with Gasteiger partial charge in [0.1, 0.15) is 5.82 Å². The van der Waals surface area contributed by atoms with E-state index in [-0.39, 0.29) is 30.2 Å². The molecule has 1 aromatic carbocycles. The van der Waals surface area contributed by atoms with Crippen LogP contribution in [-0.4, -0.2) is 17.6 Å². The molecule has 0 saturated carbocycles. The third-order valence-electron chi connectivity index (χ3n) is 3.61. The van der Waals surface area contributed by atoms with Crippen LogP contribution < -0.4 is 10.6 Å². The van der Waals surface area contributed by atoms with Gasteiger partial charge >= 0.3 is 0 Å². The highest BCUT2D eigenvalue weighted by Crippen LogP contribution is 2.23. The summed E-state index contributed by atoms with van der Waals surface area (Å²) in [4.78, 5) is 37.5. The van der Waals surface area contributed by atoms with Gasteiger partial charge in [-0.05, 0) is 44.2 Å². The molecule has 136 valence electrons. The molecule has 0 saturated heterocycles. The Labute approximate surface area is 154 Å². The lowest BCUT2D eigenvalue weighted by molar-refractivity contribution is -0.116. The van der Waals surface area contributed by atoms with Gasteiger partial charge in [0.25, 0.3) is 0 Å². The van der Waals surface area contributed by atoms with E-state index in [2.05, 4.69) is 17.2 Å². The highest BCUT2D eigenvalue weighted by Gasteiger charge is 2.14. The monoisotopic (exact) mass is 374 g/mol. The van der Waals surface area contributed by atoms with Crippen molar-refractivity contribution in [2.45, 2.75) is 26.7 Å². The number of anilines is 2. The first-order valence-corrected chi connectivity index (χ1v) is 8.75. The minimum absolute atomic E-state index is 0.0128. The van der Waals surface area contributed by atoms with E-state index in [0.717, 1.165) is 21.9 Å². The van der Waals surface area contributed by atoms with Crippen LogP contribution in [0, 0.1) is 19.7 Å². The predicted octanol–water partition coefficient (Wildman–Crippen LogP) is 4.23. The zero-order valence-corrected chi connectivity index (χ0v) is 15.3. The highest BCUT2D eigenvalue weighted by atomic mass is 32.1. The summed E-state index contributed by atoms with van der Waals surface area (Å²) < 4.78 is 13.7. The number of benzene rings is 1. The van der Waals surface area contributed by atoms with Crippen LogP contribution in [0.1, 0.15) is 33.0 Å². The fourth-order valence-corrected chi connectivity index (χ4v) is 3.32. The summed E-state index contributed by atoms with van der Waals surface area (Å²) in [6.07, 6.45) is 1.12. The number of nitrogens with one attached hydrogen (secondary N) is 2. The van der Waals surface area contributed by atoms with Gasteiger partial charge in [-0.3, -0.25) is 14.4 Å². The van der Waals surface area contributed by atoms with Gasteiger partial charge in [-0.1, -0.05) is 6.58 Å². The minimum Gasteiger partial charge on any atom is -0.326 e. The van der Waals surface area contributed by atoms with Gasteiger partial charge in [0.15, 0.2) is 5.78 Å². The largest absolute Gasteiger partial charge is 0.326 e. The predicted molar refractivity (Wildman–Crippen MR) is 101 cm³/mol. The highest BCUT2D eigenvalue weighted by molar-refractivity contribution is 7.12. The summed E-state index contributed by atoms with van der Waals surface area (Å²) in [5.41, 5.74) is 0.912. The Bertz CT molecular complexity index is 874. The number of ketones is 1. The summed E-state index contributed by atoms with van der Waals surface area (Å²) in [5, 5.41) is 4.91. The molecule has 0 unspecified atom stereocenters. The molecule has 0 bridgehead atoms. The molecule has 0 radical (unpaired) electrons. The van der Waals surface area contributed by atoms with Crippen molar-refractivity contribution in [3.63, 3.8) is 0 Å². The Hall–Kier alpha value is -2.80. The van der Waals surface area contributed by atoms with E-state index in [1.807, 2.05) is 19.9 Å². The fraction of sp³-hybridized carbons (Fsp3) is 0.211. The second-order valence-corrected chi connectivity index (χ2v) is 7.15. The SMILES string of the molecule is C=CC(=O)Nc1cc(NC(=O)CCC(=O)c2cc(C)sc2C)ccc1F. The van der Waals surface area contributed by atoms with Gasteiger partial charge in [-0.25, -0.2) is 4.39 Å². The maximum Gasteiger partial charge on any atom is 0.247 e. The third kappa shape index (κ3) is 5.10. The third-order valence-corrected chi connectivity index (χ3v) is 4.58. The average Bonchev–Trinajstić information content (AvgIpc) is 2.94. The molecular weight excluding hydrogens is 355 g/mol. The molecule has 2 rings (SSSR count). The molecule has 0 aliphatic carbocycles. The molecule has 5 nitrogen and oxygen atoms in total. The van der Waals surface area contributed by atoms with E-state index in [1.54, 1.807) is 11.3 Å². The van der Waals surface area contributed by atoms with E-state index in [9.17, 15) is 18.8 Å². The smallest absolute Gasteiger partial charge is 0.247 e. The molecule has 1 heterocycles. The van der Waals surface area contributed by atoms with Crippen molar-refractivity contribution < 1.29 is 18.8 Å². The van der Waals surface area contributed by atoms with Crippen molar-refractivity contribution in [2.24, 2.45) is 0 Å². The summed E-state index contributed by atoms with van der Waals surface area (Å²) in [6, 6.07) is 5.65. The van der Waals surface area contributed by atoms with Crippen LogP contribution in [0.5, 0.6) is 0 Å². The first-order chi connectivity index (χ1) is 12.3. The lowest BCUT2D eigenvalue weighted by Crippen LogP contribution is -2.14. The molecule has 0 fully saturated rings. The number of halogens is 1. The lowest BCUT2D eigenvalue weighted by Gasteiger charge is -2.09. The number of rotatable bonds is 7. The number of hydrogen-bond donors (Lipinski definition) is 2. The zero-order chi connectivity index (χ0) is 19.3. The molecule has 0 atom stereocenters. The second-order valence-electron chi connectivity index (χ2n) is 5.69. The number of carbonyl (C=O) groups is 3. The average molecular weight is 374 g/mol. The van der Waals surface area contributed by atoms with E-state index in [0.29, 0.717) is 11.3 Å². The van der Waals surface area contributed by atoms with Crippen LogP contribution in [0.2, 0.25) is 0 Å². The number of hydrogen-bond acceptors (Lipinski definition) is 4.